The van der Waals surface area contributed by atoms with E-state index in [9.17, 15) is 0 Å². The van der Waals surface area contributed by atoms with Crippen LogP contribution < -0.4 is 0 Å². The molecule has 0 bridgehead atoms. The lowest BCUT2D eigenvalue weighted by Crippen LogP contribution is -1.88. The first kappa shape index (κ1) is 18.4. The van der Waals surface area contributed by atoms with Crippen molar-refractivity contribution in [2.75, 3.05) is 0 Å². The molecule has 0 aromatic heterocycles. The second kappa shape index (κ2) is 7.37. The van der Waals surface area contributed by atoms with Gasteiger partial charge in [0.15, 0.2) is 0 Å². The predicted molar refractivity (Wildman–Crippen MR) is 138 cm³/mol. The fourth-order valence-corrected chi connectivity index (χ4v) is 5.31. The van der Waals surface area contributed by atoms with Gasteiger partial charge in [-0.1, -0.05) is 109 Å². The van der Waals surface area contributed by atoms with Gasteiger partial charge in [0.2, 0.25) is 0 Å². The summed E-state index contributed by atoms with van der Waals surface area (Å²) in [5.74, 6) is 0. The van der Waals surface area contributed by atoms with Crippen molar-refractivity contribution in [3.63, 3.8) is 0 Å². The Morgan fingerprint density at radius 3 is 1.90 bits per heavy atom. The fourth-order valence-electron chi connectivity index (χ4n) is 4.60. The summed E-state index contributed by atoms with van der Waals surface area (Å²) in [5.41, 5.74) is 4.98. The molecule has 6 aromatic rings. The van der Waals surface area contributed by atoms with E-state index in [4.69, 9.17) is 0 Å². The van der Waals surface area contributed by atoms with Gasteiger partial charge in [0, 0.05) is 4.47 Å². The number of hydrogen-bond acceptors (Lipinski definition) is 0. The van der Waals surface area contributed by atoms with Crippen LogP contribution in [0.25, 0.3) is 54.6 Å². The highest BCUT2D eigenvalue weighted by molar-refractivity contribution is 9.10. The van der Waals surface area contributed by atoms with Gasteiger partial charge in [0.05, 0.1) is 0 Å². The third kappa shape index (κ3) is 3.05. The summed E-state index contributed by atoms with van der Waals surface area (Å²) in [5, 5.41) is 7.55. The lowest BCUT2D eigenvalue weighted by atomic mass is 9.90. The SMILES string of the molecule is Brc1c(-c2cccc3cccc(-c4ccc5ccccc5c4)c23)ccc2ccccc12. The van der Waals surface area contributed by atoms with Crippen molar-refractivity contribution in [1.82, 2.24) is 0 Å². The Labute approximate surface area is 189 Å². The Balaban J connectivity index is 1.66. The molecule has 0 aliphatic heterocycles. The summed E-state index contributed by atoms with van der Waals surface area (Å²) in [6.07, 6.45) is 0. The fraction of sp³-hybridized carbons (Fsp3) is 0. The molecule has 0 amide bonds. The first-order valence-electron chi connectivity index (χ1n) is 10.5. The van der Waals surface area contributed by atoms with Crippen LogP contribution in [0.5, 0.6) is 0 Å². The molecule has 0 spiro atoms. The zero-order chi connectivity index (χ0) is 20.8. The molecular formula is C30H19Br. The zero-order valence-electron chi connectivity index (χ0n) is 16.8. The molecule has 0 aliphatic rings. The van der Waals surface area contributed by atoms with Crippen LogP contribution in [0.15, 0.2) is 120 Å². The molecule has 6 rings (SSSR count). The standard InChI is InChI=1S/C30H19Br/c31-30-26-12-4-3-8-21(26)17-18-28(30)27-14-6-11-22-10-5-13-25(29(22)27)24-16-15-20-7-1-2-9-23(20)19-24/h1-19H. The number of fused-ring (bicyclic) bond motifs is 3. The lowest BCUT2D eigenvalue weighted by Gasteiger charge is -2.15. The van der Waals surface area contributed by atoms with Crippen molar-refractivity contribution in [1.29, 1.82) is 0 Å². The Morgan fingerprint density at radius 1 is 0.419 bits per heavy atom. The van der Waals surface area contributed by atoms with Crippen LogP contribution in [-0.4, -0.2) is 0 Å². The number of benzene rings is 6. The van der Waals surface area contributed by atoms with Crippen LogP contribution in [0.3, 0.4) is 0 Å². The quantitative estimate of drug-likeness (QED) is 0.242. The van der Waals surface area contributed by atoms with Crippen LogP contribution in [0.1, 0.15) is 0 Å². The van der Waals surface area contributed by atoms with Crippen LogP contribution >= 0.6 is 15.9 Å². The average Bonchev–Trinajstić information content (AvgIpc) is 2.83. The van der Waals surface area contributed by atoms with Gasteiger partial charge in [-0.2, -0.15) is 0 Å². The number of halogens is 1. The molecule has 0 N–H and O–H groups in total. The van der Waals surface area contributed by atoms with Crippen LogP contribution in [0.4, 0.5) is 0 Å². The van der Waals surface area contributed by atoms with Crippen LogP contribution in [0.2, 0.25) is 0 Å². The molecule has 0 saturated heterocycles. The highest BCUT2D eigenvalue weighted by Crippen LogP contribution is 2.41. The first-order chi connectivity index (χ1) is 15.3. The summed E-state index contributed by atoms with van der Waals surface area (Å²) in [6, 6.07) is 41.5. The van der Waals surface area contributed by atoms with Crippen molar-refractivity contribution < 1.29 is 0 Å². The molecular weight excluding hydrogens is 440 g/mol. The van der Waals surface area contributed by atoms with Crippen molar-refractivity contribution in [3.8, 4) is 22.3 Å². The third-order valence-corrected chi connectivity index (χ3v) is 6.97. The molecule has 6 aromatic carbocycles. The molecule has 0 aliphatic carbocycles. The van der Waals surface area contributed by atoms with Crippen LogP contribution in [0, 0.1) is 0 Å². The number of rotatable bonds is 2. The van der Waals surface area contributed by atoms with Gasteiger partial charge in [-0.15, -0.1) is 0 Å². The summed E-state index contributed by atoms with van der Waals surface area (Å²) >= 11 is 3.92. The van der Waals surface area contributed by atoms with Gasteiger partial charge in [-0.3, -0.25) is 0 Å². The molecule has 31 heavy (non-hydrogen) atoms. The highest BCUT2D eigenvalue weighted by Gasteiger charge is 2.14. The Morgan fingerprint density at radius 2 is 1.06 bits per heavy atom. The largest absolute Gasteiger partial charge is 0.0616 e. The summed E-state index contributed by atoms with van der Waals surface area (Å²) in [4.78, 5) is 0. The topological polar surface area (TPSA) is 0 Å². The van der Waals surface area contributed by atoms with Crippen molar-refractivity contribution in [2.45, 2.75) is 0 Å². The minimum Gasteiger partial charge on any atom is -0.0616 e. The monoisotopic (exact) mass is 458 g/mol. The molecule has 1 heteroatoms. The summed E-state index contributed by atoms with van der Waals surface area (Å²) in [7, 11) is 0. The van der Waals surface area contributed by atoms with E-state index in [2.05, 4.69) is 131 Å². The molecule has 0 radical (unpaired) electrons. The van der Waals surface area contributed by atoms with E-state index in [0.717, 1.165) is 4.47 Å². The Hall–Kier alpha value is -3.42. The average molecular weight is 459 g/mol. The maximum Gasteiger partial charge on any atom is 0.0332 e. The van der Waals surface area contributed by atoms with Crippen molar-refractivity contribution in [2.24, 2.45) is 0 Å². The maximum absolute atomic E-state index is 3.92. The molecule has 0 heterocycles. The van der Waals surface area contributed by atoms with Gasteiger partial charge >= 0.3 is 0 Å². The van der Waals surface area contributed by atoms with Gasteiger partial charge in [-0.05, 0) is 76.6 Å². The van der Waals surface area contributed by atoms with Gasteiger partial charge in [-0.25, -0.2) is 0 Å². The van der Waals surface area contributed by atoms with E-state index in [1.807, 2.05) is 0 Å². The van der Waals surface area contributed by atoms with E-state index in [-0.39, 0.29) is 0 Å². The minimum atomic E-state index is 1.14. The minimum absolute atomic E-state index is 1.14. The third-order valence-electron chi connectivity index (χ3n) is 6.12. The molecule has 0 atom stereocenters. The molecule has 0 saturated carbocycles. The molecule has 0 fully saturated rings. The second-order valence-electron chi connectivity index (χ2n) is 7.92. The number of hydrogen-bond donors (Lipinski definition) is 0. The summed E-state index contributed by atoms with van der Waals surface area (Å²) < 4.78 is 1.14. The predicted octanol–water partition coefficient (Wildman–Crippen LogP) is 9.24. The van der Waals surface area contributed by atoms with E-state index in [0.29, 0.717) is 0 Å². The van der Waals surface area contributed by atoms with Crippen molar-refractivity contribution >= 4 is 48.2 Å². The van der Waals surface area contributed by atoms with E-state index < -0.39 is 0 Å². The van der Waals surface area contributed by atoms with Gasteiger partial charge in [0.25, 0.3) is 0 Å². The lowest BCUT2D eigenvalue weighted by molar-refractivity contribution is 1.63. The molecule has 0 nitrogen and oxygen atoms in total. The van der Waals surface area contributed by atoms with E-state index in [1.165, 1.54) is 54.6 Å². The molecule has 0 unspecified atom stereocenters. The highest BCUT2D eigenvalue weighted by atomic mass is 79.9. The molecule has 146 valence electrons. The van der Waals surface area contributed by atoms with E-state index >= 15 is 0 Å². The smallest absolute Gasteiger partial charge is 0.0332 e. The Bertz CT molecular complexity index is 1590. The van der Waals surface area contributed by atoms with E-state index in [1.54, 1.807) is 0 Å². The second-order valence-corrected chi connectivity index (χ2v) is 8.71. The summed E-state index contributed by atoms with van der Waals surface area (Å²) in [6.45, 7) is 0. The zero-order valence-corrected chi connectivity index (χ0v) is 18.4. The van der Waals surface area contributed by atoms with Gasteiger partial charge in [0.1, 0.15) is 0 Å². The normalized spacial score (nSPS) is 11.4. The first-order valence-corrected chi connectivity index (χ1v) is 11.3. The maximum atomic E-state index is 3.92. The van der Waals surface area contributed by atoms with Gasteiger partial charge < -0.3 is 0 Å². The Kier molecular flexibility index (Phi) is 4.36. The van der Waals surface area contributed by atoms with Crippen LogP contribution in [-0.2, 0) is 0 Å². The van der Waals surface area contributed by atoms with Crippen molar-refractivity contribution in [3.05, 3.63) is 120 Å².